The topological polar surface area (TPSA) is 64.7 Å². The third-order valence-electron chi connectivity index (χ3n) is 3.92. The molecule has 0 spiro atoms. The maximum atomic E-state index is 5.86. The Hall–Kier alpha value is -3.53. The Kier molecular flexibility index (Phi) is 3.92. The molecule has 0 bridgehead atoms. The minimum absolute atomic E-state index is 0.500. The Balaban J connectivity index is 1.92. The van der Waals surface area contributed by atoms with Crippen LogP contribution in [-0.4, -0.2) is 15.0 Å². The van der Waals surface area contributed by atoms with E-state index in [1.54, 1.807) is 18.5 Å². The van der Waals surface area contributed by atoms with Crippen LogP contribution < -0.4 is 5.73 Å². The first-order valence-corrected chi connectivity index (χ1v) is 8.00. The van der Waals surface area contributed by atoms with Crippen molar-refractivity contribution in [1.82, 2.24) is 15.0 Å². The number of anilines is 1. The predicted octanol–water partition coefficient (Wildman–Crippen LogP) is 4.45. The van der Waals surface area contributed by atoms with Gasteiger partial charge in [0.25, 0.3) is 0 Å². The lowest BCUT2D eigenvalue weighted by molar-refractivity contribution is 1.30. The molecule has 4 nitrogen and oxygen atoms in total. The molecule has 0 saturated carbocycles. The zero-order chi connectivity index (χ0) is 17.1. The van der Waals surface area contributed by atoms with Gasteiger partial charge in [0.05, 0.1) is 17.1 Å². The highest BCUT2D eigenvalue weighted by molar-refractivity contribution is 5.78. The molecule has 0 saturated heterocycles. The molecule has 0 unspecified atom stereocenters. The second-order valence-corrected chi connectivity index (χ2v) is 5.68. The Labute approximate surface area is 146 Å². The molecule has 0 aliphatic rings. The Morgan fingerprint density at radius 3 is 1.56 bits per heavy atom. The summed E-state index contributed by atoms with van der Waals surface area (Å²) >= 11 is 0. The maximum absolute atomic E-state index is 5.86. The molecular weight excluding hydrogens is 308 g/mol. The zero-order valence-electron chi connectivity index (χ0n) is 13.5. The lowest BCUT2D eigenvalue weighted by atomic mass is 9.99. The largest absolute Gasteiger partial charge is 0.384 e. The Bertz CT molecular complexity index is 941. The van der Waals surface area contributed by atoms with Crippen LogP contribution in [0.25, 0.3) is 33.8 Å². The lowest BCUT2D eigenvalue weighted by Crippen LogP contribution is -1.93. The molecule has 3 heterocycles. The van der Waals surface area contributed by atoms with Crippen molar-refractivity contribution in [3.8, 4) is 33.8 Å². The number of aromatic nitrogens is 3. The molecule has 0 fully saturated rings. The van der Waals surface area contributed by atoms with Crippen LogP contribution in [0.3, 0.4) is 0 Å². The number of hydrogen-bond acceptors (Lipinski definition) is 4. The van der Waals surface area contributed by atoms with Crippen LogP contribution in [0.15, 0.2) is 85.2 Å². The fourth-order valence-corrected chi connectivity index (χ4v) is 2.75. The summed E-state index contributed by atoms with van der Waals surface area (Å²) in [6, 6.07) is 23.7. The second-order valence-electron chi connectivity index (χ2n) is 5.68. The highest BCUT2D eigenvalue weighted by atomic mass is 14.8. The van der Waals surface area contributed by atoms with E-state index in [1.165, 1.54) is 0 Å². The van der Waals surface area contributed by atoms with Gasteiger partial charge in [0.2, 0.25) is 0 Å². The number of benzene rings is 1. The van der Waals surface area contributed by atoms with Crippen molar-refractivity contribution in [2.75, 3.05) is 5.73 Å². The van der Waals surface area contributed by atoms with E-state index in [9.17, 15) is 0 Å². The van der Waals surface area contributed by atoms with Crippen LogP contribution in [0.1, 0.15) is 0 Å². The number of pyridine rings is 3. The minimum Gasteiger partial charge on any atom is -0.384 e. The van der Waals surface area contributed by atoms with Crippen molar-refractivity contribution in [2.45, 2.75) is 0 Å². The van der Waals surface area contributed by atoms with Crippen LogP contribution in [0, 0.1) is 0 Å². The van der Waals surface area contributed by atoms with E-state index in [0.29, 0.717) is 5.82 Å². The average molecular weight is 324 g/mol. The number of rotatable bonds is 3. The van der Waals surface area contributed by atoms with Crippen molar-refractivity contribution >= 4 is 5.82 Å². The maximum Gasteiger partial charge on any atom is 0.124 e. The summed E-state index contributed by atoms with van der Waals surface area (Å²) < 4.78 is 0. The van der Waals surface area contributed by atoms with Gasteiger partial charge in [0, 0.05) is 29.1 Å². The van der Waals surface area contributed by atoms with E-state index in [4.69, 9.17) is 5.73 Å². The smallest absolute Gasteiger partial charge is 0.124 e. The van der Waals surface area contributed by atoms with Crippen molar-refractivity contribution < 1.29 is 0 Å². The first kappa shape index (κ1) is 15.0. The summed E-state index contributed by atoms with van der Waals surface area (Å²) in [5, 5.41) is 0. The monoisotopic (exact) mass is 324 g/mol. The van der Waals surface area contributed by atoms with Gasteiger partial charge in [-0.25, -0.2) is 4.98 Å². The highest BCUT2D eigenvalue weighted by Crippen LogP contribution is 2.30. The molecule has 0 amide bonds. The van der Waals surface area contributed by atoms with E-state index >= 15 is 0 Å². The second kappa shape index (κ2) is 6.53. The van der Waals surface area contributed by atoms with Gasteiger partial charge in [-0.3, -0.25) is 9.97 Å². The molecule has 120 valence electrons. The molecule has 4 rings (SSSR count). The summed E-state index contributed by atoms with van der Waals surface area (Å²) in [5.74, 6) is 0.500. The van der Waals surface area contributed by atoms with E-state index in [2.05, 4.69) is 33.2 Å². The third kappa shape index (κ3) is 3.23. The fourth-order valence-electron chi connectivity index (χ4n) is 2.75. The first-order valence-electron chi connectivity index (χ1n) is 8.00. The molecule has 0 atom stereocenters. The Morgan fingerprint density at radius 1 is 0.560 bits per heavy atom. The molecule has 0 radical (unpaired) electrons. The summed E-state index contributed by atoms with van der Waals surface area (Å²) in [7, 11) is 0. The normalized spacial score (nSPS) is 10.6. The van der Waals surface area contributed by atoms with E-state index in [-0.39, 0.29) is 0 Å². The van der Waals surface area contributed by atoms with Crippen molar-refractivity contribution in [3.63, 3.8) is 0 Å². The van der Waals surface area contributed by atoms with Crippen LogP contribution in [-0.2, 0) is 0 Å². The fraction of sp³-hybridized carbons (Fsp3) is 0. The van der Waals surface area contributed by atoms with E-state index < -0.39 is 0 Å². The molecule has 1 aromatic carbocycles. The van der Waals surface area contributed by atoms with Crippen LogP contribution in [0.5, 0.6) is 0 Å². The lowest BCUT2D eigenvalue weighted by Gasteiger charge is -2.10. The molecule has 4 aromatic rings. The number of hydrogen-bond donors (Lipinski definition) is 1. The van der Waals surface area contributed by atoms with Gasteiger partial charge in [0.15, 0.2) is 0 Å². The van der Waals surface area contributed by atoms with Gasteiger partial charge in [-0.05, 0) is 54.6 Å². The average Bonchev–Trinajstić information content (AvgIpc) is 2.69. The number of nitrogens with zero attached hydrogens (tertiary/aromatic N) is 3. The summed E-state index contributed by atoms with van der Waals surface area (Å²) in [5.41, 5.74) is 11.5. The quantitative estimate of drug-likeness (QED) is 0.604. The molecule has 0 aliphatic heterocycles. The molecule has 3 aromatic heterocycles. The van der Waals surface area contributed by atoms with Crippen LogP contribution in [0.2, 0.25) is 0 Å². The first-order chi connectivity index (χ1) is 12.3. The standard InChI is InChI=1S/C21H16N4/c22-21-9-5-8-20(25-21)17-13-15(18-6-1-3-10-23-18)12-16(14-17)19-7-2-4-11-24-19/h1-14H,(H2,22,25). The molecule has 25 heavy (non-hydrogen) atoms. The van der Waals surface area contributed by atoms with Crippen molar-refractivity contribution in [3.05, 3.63) is 85.2 Å². The number of nitrogen functional groups attached to an aromatic ring is 1. The molecule has 0 aliphatic carbocycles. The van der Waals surface area contributed by atoms with Crippen LogP contribution in [0.4, 0.5) is 5.82 Å². The van der Waals surface area contributed by atoms with Crippen molar-refractivity contribution in [2.24, 2.45) is 0 Å². The van der Waals surface area contributed by atoms with E-state index in [1.807, 2.05) is 48.5 Å². The Morgan fingerprint density at radius 2 is 1.08 bits per heavy atom. The van der Waals surface area contributed by atoms with Gasteiger partial charge in [-0.2, -0.15) is 0 Å². The van der Waals surface area contributed by atoms with Gasteiger partial charge in [-0.1, -0.05) is 18.2 Å². The minimum atomic E-state index is 0.500. The summed E-state index contributed by atoms with van der Waals surface area (Å²) in [6.45, 7) is 0. The molecule has 2 N–H and O–H groups in total. The highest BCUT2D eigenvalue weighted by Gasteiger charge is 2.09. The van der Waals surface area contributed by atoms with Gasteiger partial charge in [-0.15, -0.1) is 0 Å². The summed E-state index contributed by atoms with van der Waals surface area (Å²) in [6.07, 6.45) is 3.59. The molecular formula is C21H16N4. The SMILES string of the molecule is Nc1cccc(-c2cc(-c3ccccn3)cc(-c3ccccn3)c2)n1. The number of nitrogens with two attached hydrogens (primary N) is 1. The van der Waals surface area contributed by atoms with Crippen molar-refractivity contribution in [1.29, 1.82) is 0 Å². The molecule has 4 heteroatoms. The third-order valence-corrected chi connectivity index (χ3v) is 3.92. The van der Waals surface area contributed by atoms with Gasteiger partial charge < -0.3 is 5.73 Å². The van der Waals surface area contributed by atoms with E-state index in [0.717, 1.165) is 33.8 Å². The zero-order valence-corrected chi connectivity index (χ0v) is 13.5. The summed E-state index contributed by atoms with van der Waals surface area (Å²) in [4.78, 5) is 13.4. The van der Waals surface area contributed by atoms with Gasteiger partial charge in [0.1, 0.15) is 5.82 Å². The predicted molar refractivity (Wildman–Crippen MR) is 101 cm³/mol. The van der Waals surface area contributed by atoms with Gasteiger partial charge >= 0.3 is 0 Å². The van der Waals surface area contributed by atoms with Crippen LogP contribution >= 0.6 is 0 Å².